The van der Waals surface area contributed by atoms with E-state index in [0.717, 1.165) is 10.4 Å². The summed E-state index contributed by atoms with van der Waals surface area (Å²) in [7, 11) is -3.57. The summed E-state index contributed by atoms with van der Waals surface area (Å²) >= 11 is 1.26. The molecule has 1 aliphatic heterocycles. The minimum atomic E-state index is -3.57. The zero-order chi connectivity index (χ0) is 16.8. The zero-order valence-corrected chi connectivity index (χ0v) is 16.1. The van der Waals surface area contributed by atoms with Crippen LogP contribution in [0.5, 0.6) is 5.75 Å². The van der Waals surface area contributed by atoms with Crippen LogP contribution in [0.2, 0.25) is 0 Å². The Morgan fingerprint density at radius 3 is 2.62 bits per heavy atom. The molecule has 1 atom stereocenters. The van der Waals surface area contributed by atoms with Gasteiger partial charge in [-0.05, 0) is 51.1 Å². The number of fused-ring (bicyclic) bond motifs is 1. The third-order valence-electron chi connectivity index (χ3n) is 3.77. The number of nitrogens with one attached hydrogen (secondary N) is 1. The van der Waals surface area contributed by atoms with Crippen LogP contribution in [0.4, 0.5) is 5.69 Å². The smallest absolute Gasteiger partial charge is 0.250 e. The van der Waals surface area contributed by atoms with Crippen LogP contribution >= 0.6 is 23.7 Å². The largest absolute Gasteiger partial charge is 0.487 e. The number of hydrogen-bond donors (Lipinski definition) is 2. The lowest BCUT2D eigenvalue weighted by Crippen LogP contribution is -2.41. The fourth-order valence-electron chi connectivity index (χ4n) is 2.78. The zero-order valence-electron chi connectivity index (χ0n) is 13.7. The SMILES string of the molecule is Cc1ccc(S(=O)(=O)NC2CC(C)(C)Oc3ccc(N)cc32)s1.Cl. The molecule has 0 spiro atoms. The van der Waals surface area contributed by atoms with Gasteiger partial charge >= 0.3 is 0 Å². The molecule has 132 valence electrons. The maximum absolute atomic E-state index is 12.6. The minimum absolute atomic E-state index is 0. The van der Waals surface area contributed by atoms with Gasteiger partial charge in [0.1, 0.15) is 15.6 Å². The third kappa shape index (κ3) is 3.85. The summed E-state index contributed by atoms with van der Waals surface area (Å²) < 4.78 is 34.4. The van der Waals surface area contributed by atoms with Crippen LogP contribution in [-0.4, -0.2) is 14.0 Å². The molecule has 2 heterocycles. The minimum Gasteiger partial charge on any atom is -0.487 e. The second-order valence-electron chi connectivity index (χ2n) is 6.40. The van der Waals surface area contributed by atoms with Gasteiger partial charge in [-0.15, -0.1) is 23.7 Å². The Morgan fingerprint density at radius 1 is 1.29 bits per heavy atom. The van der Waals surface area contributed by atoms with E-state index in [-0.39, 0.29) is 18.4 Å². The van der Waals surface area contributed by atoms with Gasteiger partial charge in [0.05, 0.1) is 6.04 Å². The van der Waals surface area contributed by atoms with E-state index < -0.39 is 15.6 Å². The maximum atomic E-state index is 12.6. The van der Waals surface area contributed by atoms with E-state index in [1.165, 1.54) is 11.3 Å². The molecule has 1 unspecified atom stereocenters. The summed E-state index contributed by atoms with van der Waals surface area (Å²) in [5.74, 6) is 0.672. The number of rotatable bonds is 3. The summed E-state index contributed by atoms with van der Waals surface area (Å²) in [6.45, 7) is 5.78. The van der Waals surface area contributed by atoms with E-state index in [9.17, 15) is 8.42 Å². The van der Waals surface area contributed by atoms with Crippen molar-refractivity contribution in [3.8, 4) is 5.75 Å². The standard InChI is InChI=1S/C16H20N2O3S2.ClH/c1-10-4-7-15(22-10)23(19,20)18-13-9-16(2,3)21-14-6-5-11(17)8-12(13)14;/h4-8,13,18H,9,17H2,1-3H3;1H. The Bertz CT molecular complexity index is 847. The number of nitrogens with two attached hydrogens (primary N) is 1. The lowest BCUT2D eigenvalue weighted by atomic mass is 9.90. The van der Waals surface area contributed by atoms with Crippen molar-refractivity contribution in [3.05, 3.63) is 40.8 Å². The Labute approximate surface area is 152 Å². The number of halogens is 1. The Balaban J connectivity index is 0.00000208. The molecule has 3 rings (SSSR count). The summed E-state index contributed by atoms with van der Waals surface area (Å²) in [5, 5.41) is 0. The highest BCUT2D eigenvalue weighted by Crippen LogP contribution is 2.41. The normalized spacial score (nSPS) is 19.0. The number of thiophene rings is 1. The topological polar surface area (TPSA) is 81.4 Å². The number of sulfonamides is 1. The molecule has 0 amide bonds. The molecule has 0 aliphatic carbocycles. The van der Waals surface area contributed by atoms with Crippen molar-refractivity contribution < 1.29 is 13.2 Å². The van der Waals surface area contributed by atoms with Gasteiger partial charge in [0, 0.05) is 22.5 Å². The van der Waals surface area contributed by atoms with Crippen LogP contribution in [0.1, 0.15) is 36.8 Å². The number of aryl methyl sites for hydroxylation is 1. The monoisotopic (exact) mass is 388 g/mol. The summed E-state index contributed by atoms with van der Waals surface area (Å²) in [6, 6.07) is 8.39. The first-order valence-electron chi connectivity index (χ1n) is 7.33. The first-order valence-corrected chi connectivity index (χ1v) is 9.63. The van der Waals surface area contributed by atoms with Crippen LogP contribution in [0, 0.1) is 6.92 Å². The van der Waals surface area contributed by atoms with Crippen LogP contribution in [0.3, 0.4) is 0 Å². The average molecular weight is 389 g/mol. The molecule has 3 N–H and O–H groups in total. The first-order chi connectivity index (χ1) is 10.7. The second kappa shape index (κ2) is 6.55. The van der Waals surface area contributed by atoms with Crippen molar-refractivity contribution in [2.75, 3.05) is 5.73 Å². The molecule has 0 fully saturated rings. The lowest BCUT2D eigenvalue weighted by molar-refractivity contribution is 0.0702. The summed E-state index contributed by atoms with van der Waals surface area (Å²) in [5.41, 5.74) is 6.77. The van der Waals surface area contributed by atoms with Gasteiger partial charge in [-0.25, -0.2) is 13.1 Å². The van der Waals surface area contributed by atoms with E-state index in [1.807, 2.05) is 20.8 Å². The van der Waals surface area contributed by atoms with Crippen LogP contribution in [-0.2, 0) is 10.0 Å². The van der Waals surface area contributed by atoms with Crippen molar-refractivity contribution >= 4 is 39.5 Å². The summed E-state index contributed by atoms with van der Waals surface area (Å²) in [6.07, 6.45) is 0.535. The Morgan fingerprint density at radius 2 is 2.00 bits per heavy atom. The molecule has 5 nitrogen and oxygen atoms in total. The molecular weight excluding hydrogens is 368 g/mol. The molecule has 24 heavy (non-hydrogen) atoms. The van der Waals surface area contributed by atoms with E-state index in [0.29, 0.717) is 22.1 Å². The Kier molecular flexibility index (Phi) is 5.20. The molecule has 2 aromatic rings. The highest BCUT2D eigenvalue weighted by Gasteiger charge is 2.36. The van der Waals surface area contributed by atoms with Crippen LogP contribution < -0.4 is 15.2 Å². The van der Waals surface area contributed by atoms with Gasteiger partial charge in [-0.1, -0.05) is 0 Å². The van der Waals surface area contributed by atoms with Crippen LogP contribution in [0.15, 0.2) is 34.5 Å². The van der Waals surface area contributed by atoms with Gasteiger partial charge < -0.3 is 10.5 Å². The molecular formula is C16H21ClN2O3S2. The molecule has 0 bridgehead atoms. The Hall–Kier alpha value is -1.28. The molecule has 0 saturated heterocycles. The number of benzene rings is 1. The van der Waals surface area contributed by atoms with E-state index in [2.05, 4.69) is 4.72 Å². The van der Waals surface area contributed by atoms with Crippen molar-refractivity contribution in [1.82, 2.24) is 4.72 Å². The predicted octanol–water partition coefficient (Wildman–Crippen LogP) is 3.64. The number of ether oxygens (including phenoxy) is 1. The lowest BCUT2D eigenvalue weighted by Gasteiger charge is -2.37. The number of nitrogen functional groups attached to an aromatic ring is 1. The highest BCUT2D eigenvalue weighted by atomic mass is 35.5. The molecule has 0 radical (unpaired) electrons. The summed E-state index contributed by atoms with van der Waals surface area (Å²) in [4.78, 5) is 0.960. The van der Waals surface area contributed by atoms with E-state index in [1.54, 1.807) is 30.3 Å². The van der Waals surface area contributed by atoms with Crippen LogP contribution in [0.25, 0.3) is 0 Å². The van der Waals surface area contributed by atoms with E-state index >= 15 is 0 Å². The van der Waals surface area contributed by atoms with Crippen molar-refractivity contribution in [2.45, 2.75) is 43.0 Å². The van der Waals surface area contributed by atoms with Gasteiger partial charge in [-0.3, -0.25) is 0 Å². The molecule has 1 aromatic carbocycles. The van der Waals surface area contributed by atoms with Gasteiger partial charge in [0.2, 0.25) is 0 Å². The third-order valence-corrected chi connectivity index (χ3v) is 6.73. The quantitative estimate of drug-likeness (QED) is 0.786. The maximum Gasteiger partial charge on any atom is 0.250 e. The average Bonchev–Trinajstić information content (AvgIpc) is 2.86. The fourth-order valence-corrected chi connectivity index (χ4v) is 5.30. The number of anilines is 1. The van der Waals surface area contributed by atoms with E-state index in [4.69, 9.17) is 10.5 Å². The molecule has 1 aliphatic rings. The van der Waals surface area contributed by atoms with Gasteiger partial charge in [0.25, 0.3) is 10.0 Å². The fraction of sp³-hybridized carbons (Fsp3) is 0.375. The van der Waals surface area contributed by atoms with Crippen molar-refractivity contribution in [3.63, 3.8) is 0 Å². The molecule has 1 aromatic heterocycles. The second-order valence-corrected chi connectivity index (χ2v) is 9.63. The first kappa shape index (κ1) is 19.1. The molecule has 8 heteroatoms. The molecule has 0 saturated carbocycles. The van der Waals surface area contributed by atoms with Crippen molar-refractivity contribution in [1.29, 1.82) is 0 Å². The number of hydrogen-bond acceptors (Lipinski definition) is 5. The predicted molar refractivity (Wildman–Crippen MR) is 99.5 cm³/mol. The van der Waals surface area contributed by atoms with Gasteiger partial charge in [0.15, 0.2) is 0 Å². The van der Waals surface area contributed by atoms with Gasteiger partial charge in [-0.2, -0.15) is 0 Å². The van der Waals surface area contributed by atoms with Crippen molar-refractivity contribution in [2.24, 2.45) is 0 Å². The highest BCUT2D eigenvalue weighted by molar-refractivity contribution is 7.91.